The molecule has 92 valence electrons. The fourth-order valence-corrected chi connectivity index (χ4v) is 2.09. The summed E-state index contributed by atoms with van der Waals surface area (Å²) in [6.45, 7) is 1.21. The fraction of sp³-hybridized carbons (Fsp3) is 0.417. The minimum absolute atomic E-state index is 0.00670. The van der Waals surface area contributed by atoms with Crippen LogP contribution in [0.3, 0.4) is 0 Å². The molecule has 0 bridgehead atoms. The lowest BCUT2D eigenvalue weighted by molar-refractivity contribution is -0.119. The largest absolute Gasteiger partial charge is 0.495 e. The molecule has 3 N–H and O–H groups in total. The van der Waals surface area contributed by atoms with Gasteiger partial charge >= 0.3 is 0 Å². The van der Waals surface area contributed by atoms with Gasteiger partial charge in [0.15, 0.2) is 0 Å². The number of rotatable bonds is 3. The maximum Gasteiger partial charge on any atom is 0.239 e. The zero-order valence-corrected chi connectivity index (χ0v) is 10.1. The summed E-state index contributed by atoms with van der Waals surface area (Å²) in [6.07, 6.45) is 0.920. The van der Waals surface area contributed by atoms with Crippen LogP contribution < -0.4 is 20.7 Å². The number of nitrogens with one attached hydrogen (secondary N) is 1. The fourth-order valence-electron chi connectivity index (χ4n) is 2.09. The zero-order chi connectivity index (χ0) is 12.4. The summed E-state index contributed by atoms with van der Waals surface area (Å²) in [4.78, 5) is 13.4. The van der Waals surface area contributed by atoms with E-state index in [9.17, 15) is 4.79 Å². The normalized spacial score (nSPS) is 13.4. The maximum absolute atomic E-state index is 11.4. The first-order valence-electron chi connectivity index (χ1n) is 5.57. The topological polar surface area (TPSA) is 67.6 Å². The lowest BCUT2D eigenvalue weighted by atomic mass is 10.1. The molecule has 0 saturated heterocycles. The molecule has 0 aliphatic carbocycles. The number of methoxy groups -OCH3 is 1. The summed E-state index contributed by atoms with van der Waals surface area (Å²) in [5.74, 6) is 0.706. The van der Waals surface area contributed by atoms with E-state index in [2.05, 4.69) is 5.32 Å². The Morgan fingerprint density at radius 1 is 1.59 bits per heavy atom. The number of benzene rings is 1. The molecular formula is C12H17N3O2. The third-order valence-electron chi connectivity index (χ3n) is 3.04. The zero-order valence-electron chi connectivity index (χ0n) is 10.1. The standard InChI is InChI=1S/C12H17N3O2/c1-14-12(16)7-15-4-3-8-5-11(17-2)9(13)6-10(8)15/h5-6H,3-4,7,13H2,1-2H3,(H,14,16). The van der Waals surface area contributed by atoms with Gasteiger partial charge in [0.2, 0.25) is 5.91 Å². The molecule has 1 aliphatic rings. The molecule has 1 heterocycles. The Hall–Kier alpha value is -1.91. The molecule has 5 heteroatoms. The number of amides is 1. The number of carbonyl (C=O) groups is 1. The Bertz CT molecular complexity index is 446. The predicted molar refractivity (Wildman–Crippen MR) is 67.4 cm³/mol. The van der Waals surface area contributed by atoms with E-state index in [1.807, 2.05) is 17.0 Å². The Labute approximate surface area is 101 Å². The number of nitrogen functional groups attached to an aromatic ring is 1. The van der Waals surface area contributed by atoms with E-state index >= 15 is 0 Å². The Morgan fingerprint density at radius 3 is 3.00 bits per heavy atom. The minimum Gasteiger partial charge on any atom is -0.495 e. The number of anilines is 2. The van der Waals surface area contributed by atoms with E-state index in [0.29, 0.717) is 18.0 Å². The first kappa shape index (κ1) is 11.6. The van der Waals surface area contributed by atoms with Gasteiger partial charge in [-0.05, 0) is 24.1 Å². The number of hydrogen-bond acceptors (Lipinski definition) is 4. The van der Waals surface area contributed by atoms with Crippen LogP contribution >= 0.6 is 0 Å². The number of ether oxygens (including phenoxy) is 1. The summed E-state index contributed by atoms with van der Waals surface area (Å²) in [5.41, 5.74) is 8.70. The van der Waals surface area contributed by atoms with Crippen molar-refractivity contribution in [1.29, 1.82) is 0 Å². The Balaban J connectivity index is 2.26. The highest BCUT2D eigenvalue weighted by Crippen LogP contribution is 2.35. The first-order valence-corrected chi connectivity index (χ1v) is 5.57. The molecule has 17 heavy (non-hydrogen) atoms. The average molecular weight is 235 g/mol. The van der Waals surface area contributed by atoms with Crippen molar-refractivity contribution in [3.8, 4) is 5.75 Å². The molecule has 0 saturated carbocycles. The van der Waals surface area contributed by atoms with Gasteiger partial charge in [0.25, 0.3) is 0 Å². The first-order chi connectivity index (χ1) is 8.15. The molecule has 0 fully saturated rings. The summed E-state index contributed by atoms with van der Waals surface area (Å²) in [6, 6.07) is 3.83. The van der Waals surface area contributed by atoms with Gasteiger partial charge in [-0.1, -0.05) is 0 Å². The lowest BCUT2D eigenvalue weighted by Crippen LogP contribution is -2.34. The second kappa shape index (κ2) is 4.53. The second-order valence-electron chi connectivity index (χ2n) is 4.07. The van der Waals surface area contributed by atoms with Crippen LogP contribution in [0.2, 0.25) is 0 Å². The molecule has 1 aliphatic heterocycles. The number of likely N-dealkylation sites (N-methyl/N-ethyl adjacent to an activating group) is 1. The van der Waals surface area contributed by atoms with Crippen molar-refractivity contribution in [1.82, 2.24) is 5.32 Å². The summed E-state index contributed by atoms with van der Waals surface area (Å²) in [5, 5.41) is 2.62. The van der Waals surface area contributed by atoms with E-state index in [1.54, 1.807) is 14.2 Å². The smallest absolute Gasteiger partial charge is 0.239 e. The molecule has 0 atom stereocenters. The van der Waals surface area contributed by atoms with Gasteiger partial charge in [-0.25, -0.2) is 0 Å². The van der Waals surface area contributed by atoms with Gasteiger partial charge in [-0.3, -0.25) is 4.79 Å². The van der Waals surface area contributed by atoms with Crippen molar-refractivity contribution in [3.63, 3.8) is 0 Å². The number of nitrogens with zero attached hydrogens (tertiary/aromatic N) is 1. The van der Waals surface area contributed by atoms with E-state index in [0.717, 1.165) is 18.7 Å². The lowest BCUT2D eigenvalue weighted by Gasteiger charge is -2.19. The average Bonchev–Trinajstić information content (AvgIpc) is 2.70. The molecule has 1 aromatic rings. The van der Waals surface area contributed by atoms with E-state index in [1.165, 1.54) is 5.56 Å². The third kappa shape index (κ3) is 2.13. The summed E-state index contributed by atoms with van der Waals surface area (Å²) < 4.78 is 5.18. The van der Waals surface area contributed by atoms with Gasteiger partial charge in [0.1, 0.15) is 5.75 Å². The highest BCUT2D eigenvalue weighted by Gasteiger charge is 2.22. The molecule has 5 nitrogen and oxygen atoms in total. The van der Waals surface area contributed by atoms with Crippen molar-refractivity contribution >= 4 is 17.3 Å². The molecule has 0 unspecified atom stereocenters. The highest BCUT2D eigenvalue weighted by molar-refractivity contribution is 5.83. The van der Waals surface area contributed by atoms with Crippen LogP contribution in [0.4, 0.5) is 11.4 Å². The van der Waals surface area contributed by atoms with E-state index in [4.69, 9.17) is 10.5 Å². The molecule has 1 amide bonds. The molecule has 0 spiro atoms. The van der Waals surface area contributed by atoms with E-state index in [-0.39, 0.29) is 5.91 Å². The Morgan fingerprint density at radius 2 is 2.35 bits per heavy atom. The monoisotopic (exact) mass is 235 g/mol. The maximum atomic E-state index is 11.4. The number of hydrogen-bond donors (Lipinski definition) is 2. The molecule has 2 rings (SSSR count). The number of carbonyl (C=O) groups excluding carboxylic acids is 1. The van der Waals surface area contributed by atoms with Gasteiger partial charge in [-0.15, -0.1) is 0 Å². The van der Waals surface area contributed by atoms with Crippen molar-refractivity contribution in [2.45, 2.75) is 6.42 Å². The van der Waals surface area contributed by atoms with Gasteiger partial charge in [0.05, 0.1) is 19.3 Å². The van der Waals surface area contributed by atoms with Crippen LogP contribution in [0.5, 0.6) is 5.75 Å². The van der Waals surface area contributed by atoms with Crippen LogP contribution in [0.25, 0.3) is 0 Å². The van der Waals surface area contributed by atoms with Gasteiger partial charge < -0.3 is 20.7 Å². The van der Waals surface area contributed by atoms with Crippen molar-refractivity contribution in [2.24, 2.45) is 0 Å². The molecule has 0 aromatic heterocycles. The van der Waals surface area contributed by atoms with Crippen LogP contribution in [0, 0.1) is 0 Å². The second-order valence-corrected chi connectivity index (χ2v) is 4.07. The van der Waals surface area contributed by atoms with Gasteiger partial charge in [-0.2, -0.15) is 0 Å². The van der Waals surface area contributed by atoms with Crippen molar-refractivity contribution in [2.75, 3.05) is 37.9 Å². The van der Waals surface area contributed by atoms with Crippen LogP contribution in [0.15, 0.2) is 12.1 Å². The molecule has 1 aromatic carbocycles. The number of nitrogens with two attached hydrogens (primary N) is 1. The molecule has 0 radical (unpaired) electrons. The summed E-state index contributed by atoms with van der Waals surface area (Å²) in [7, 11) is 3.25. The van der Waals surface area contributed by atoms with Crippen molar-refractivity contribution < 1.29 is 9.53 Å². The van der Waals surface area contributed by atoms with E-state index < -0.39 is 0 Å². The minimum atomic E-state index is 0.00670. The molecular weight excluding hydrogens is 218 g/mol. The third-order valence-corrected chi connectivity index (χ3v) is 3.04. The van der Waals surface area contributed by atoms with Crippen LogP contribution in [-0.4, -0.2) is 33.2 Å². The Kier molecular flexibility index (Phi) is 3.08. The number of fused-ring (bicyclic) bond motifs is 1. The summed E-state index contributed by atoms with van der Waals surface area (Å²) >= 11 is 0. The predicted octanol–water partition coefficient (Wildman–Crippen LogP) is 0.386. The van der Waals surface area contributed by atoms with Crippen molar-refractivity contribution in [3.05, 3.63) is 17.7 Å². The van der Waals surface area contributed by atoms with Crippen LogP contribution in [-0.2, 0) is 11.2 Å². The highest BCUT2D eigenvalue weighted by atomic mass is 16.5. The quantitative estimate of drug-likeness (QED) is 0.744. The SMILES string of the molecule is CNC(=O)CN1CCc2cc(OC)c(N)cc21. The van der Waals surface area contributed by atoms with Crippen LogP contribution in [0.1, 0.15) is 5.56 Å². The van der Waals surface area contributed by atoms with Gasteiger partial charge in [0, 0.05) is 19.3 Å².